The van der Waals surface area contributed by atoms with Crippen LogP contribution in [0, 0.1) is 6.92 Å². The number of benzene rings is 2. The number of aromatic nitrogens is 2. The molecule has 0 atom stereocenters. The molecule has 2 aromatic heterocycles. The molecule has 0 unspecified atom stereocenters. The number of nitrogens with zero attached hydrogens (tertiary/aromatic N) is 3. The van der Waals surface area contributed by atoms with Crippen LogP contribution in [0.25, 0.3) is 21.8 Å². The number of fused-ring (bicyclic) bond motifs is 3. The van der Waals surface area contributed by atoms with Crippen LogP contribution in [0.2, 0.25) is 0 Å². The molecular formula is C26H32N4. The predicted octanol–water partition coefficient (Wildman–Crippen LogP) is 5.53. The smallest absolute Gasteiger partial charge is 0.133 e. The maximum Gasteiger partial charge on any atom is 0.133 e. The average Bonchev–Trinajstić information content (AvgIpc) is 3.06. The SMILES string of the molecule is CCCCc1cc2c(N)nc3cc(C)ccc3c2n1Cc1ccc(CN(C)C)cc1. The minimum Gasteiger partial charge on any atom is -0.383 e. The monoisotopic (exact) mass is 400 g/mol. The molecule has 0 aliphatic heterocycles. The highest BCUT2D eigenvalue weighted by Gasteiger charge is 2.16. The molecule has 156 valence electrons. The van der Waals surface area contributed by atoms with Crippen LogP contribution in [-0.4, -0.2) is 28.5 Å². The van der Waals surface area contributed by atoms with Crippen molar-refractivity contribution in [2.75, 3.05) is 19.8 Å². The third kappa shape index (κ3) is 4.05. The molecule has 4 rings (SSSR count). The van der Waals surface area contributed by atoms with Crippen molar-refractivity contribution in [3.63, 3.8) is 0 Å². The van der Waals surface area contributed by atoms with Gasteiger partial charge in [0.05, 0.1) is 11.0 Å². The van der Waals surface area contributed by atoms with Gasteiger partial charge in [0.1, 0.15) is 5.82 Å². The molecule has 0 bridgehead atoms. The van der Waals surface area contributed by atoms with Crippen LogP contribution in [0.5, 0.6) is 0 Å². The van der Waals surface area contributed by atoms with E-state index in [4.69, 9.17) is 10.7 Å². The fourth-order valence-electron chi connectivity index (χ4n) is 4.26. The summed E-state index contributed by atoms with van der Waals surface area (Å²) >= 11 is 0. The normalized spacial score (nSPS) is 11.8. The minimum atomic E-state index is 0.626. The van der Waals surface area contributed by atoms with Crippen molar-refractivity contribution < 1.29 is 0 Å². The molecule has 2 heterocycles. The molecule has 0 saturated carbocycles. The zero-order valence-electron chi connectivity index (χ0n) is 18.6. The summed E-state index contributed by atoms with van der Waals surface area (Å²) in [4.78, 5) is 6.90. The van der Waals surface area contributed by atoms with Crippen LogP contribution in [0.1, 0.15) is 42.1 Å². The summed E-state index contributed by atoms with van der Waals surface area (Å²) in [5.74, 6) is 0.626. The van der Waals surface area contributed by atoms with E-state index in [0.29, 0.717) is 5.82 Å². The molecule has 4 heteroatoms. The average molecular weight is 401 g/mol. The molecule has 2 N–H and O–H groups in total. The summed E-state index contributed by atoms with van der Waals surface area (Å²) < 4.78 is 2.46. The van der Waals surface area contributed by atoms with E-state index in [9.17, 15) is 0 Å². The van der Waals surface area contributed by atoms with Gasteiger partial charge in [-0.15, -0.1) is 0 Å². The summed E-state index contributed by atoms with van der Waals surface area (Å²) in [6.45, 7) is 6.14. The van der Waals surface area contributed by atoms with Crippen molar-refractivity contribution in [1.29, 1.82) is 0 Å². The molecule has 0 aliphatic carbocycles. The second-order valence-corrected chi connectivity index (χ2v) is 8.66. The Morgan fingerprint density at radius 1 is 0.967 bits per heavy atom. The van der Waals surface area contributed by atoms with E-state index in [2.05, 4.69) is 85.9 Å². The topological polar surface area (TPSA) is 47.1 Å². The number of hydrogen-bond donors (Lipinski definition) is 1. The lowest BCUT2D eigenvalue weighted by Gasteiger charge is -2.14. The number of anilines is 1. The summed E-state index contributed by atoms with van der Waals surface area (Å²) in [5, 5.41) is 2.25. The highest BCUT2D eigenvalue weighted by molar-refractivity contribution is 6.08. The highest BCUT2D eigenvalue weighted by Crippen LogP contribution is 2.32. The lowest BCUT2D eigenvalue weighted by Crippen LogP contribution is -2.10. The van der Waals surface area contributed by atoms with E-state index in [1.165, 1.54) is 46.1 Å². The largest absolute Gasteiger partial charge is 0.383 e. The lowest BCUT2D eigenvalue weighted by molar-refractivity contribution is 0.402. The molecule has 0 aliphatic rings. The third-order valence-corrected chi connectivity index (χ3v) is 5.76. The first-order valence-electron chi connectivity index (χ1n) is 10.9. The van der Waals surface area contributed by atoms with Crippen molar-refractivity contribution in [1.82, 2.24) is 14.5 Å². The number of pyridine rings is 1. The van der Waals surface area contributed by atoms with Gasteiger partial charge in [-0.3, -0.25) is 0 Å². The predicted molar refractivity (Wildman–Crippen MR) is 128 cm³/mol. The summed E-state index contributed by atoms with van der Waals surface area (Å²) in [5.41, 5.74) is 13.8. The van der Waals surface area contributed by atoms with Gasteiger partial charge in [-0.05, 0) is 62.7 Å². The van der Waals surface area contributed by atoms with Crippen LogP contribution in [0.4, 0.5) is 5.82 Å². The van der Waals surface area contributed by atoms with Crippen molar-refractivity contribution >= 4 is 27.6 Å². The van der Waals surface area contributed by atoms with E-state index in [1.807, 2.05) is 0 Å². The van der Waals surface area contributed by atoms with E-state index in [-0.39, 0.29) is 0 Å². The Bertz CT molecular complexity index is 1170. The van der Waals surface area contributed by atoms with Gasteiger partial charge in [-0.1, -0.05) is 49.7 Å². The van der Waals surface area contributed by atoms with Gasteiger partial charge in [0, 0.05) is 29.6 Å². The van der Waals surface area contributed by atoms with Gasteiger partial charge in [0.25, 0.3) is 0 Å². The number of nitrogen functional groups attached to an aromatic ring is 1. The molecule has 4 nitrogen and oxygen atoms in total. The number of rotatable bonds is 7. The van der Waals surface area contributed by atoms with Crippen molar-refractivity contribution in [2.24, 2.45) is 0 Å². The fraction of sp³-hybridized carbons (Fsp3) is 0.346. The summed E-state index contributed by atoms with van der Waals surface area (Å²) in [7, 11) is 4.20. The van der Waals surface area contributed by atoms with Crippen LogP contribution in [-0.2, 0) is 19.5 Å². The molecule has 0 radical (unpaired) electrons. The van der Waals surface area contributed by atoms with Gasteiger partial charge >= 0.3 is 0 Å². The second kappa shape index (κ2) is 8.49. The van der Waals surface area contributed by atoms with Crippen molar-refractivity contribution in [2.45, 2.75) is 46.2 Å². The minimum absolute atomic E-state index is 0.626. The Kier molecular flexibility index (Phi) is 5.78. The summed E-state index contributed by atoms with van der Waals surface area (Å²) in [6, 6.07) is 17.7. The molecule has 4 aromatic rings. The molecule has 0 spiro atoms. The van der Waals surface area contributed by atoms with Crippen LogP contribution in [0.15, 0.2) is 48.5 Å². The standard InChI is InChI=1S/C26H32N4/c1-5-6-7-21-15-23-25(22-13-8-18(2)14-24(22)28-26(23)27)30(21)17-20-11-9-19(10-12-20)16-29(3)4/h8-15H,5-7,16-17H2,1-4H3,(H2,27,28). The Balaban J connectivity index is 1.84. The Labute approximate surface area is 179 Å². The molecular weight excluding hydrogens is 368 g/mol. The lowest BCUT2D eigenvalue weighted by atomic mass is 10.1. The molecule has 2 aromatic carbocycles. The maximum atomic E-state index is 6.41. The van der Waals surface area contributed by atoms with E-state index in [0.717, 1.165) is 30.4 Å². The van der Waals surface area contributed by atoms with Crippen molar-refractivity contribution in [3.8, 4) is 0 Å². The van der Waals surface area contributed by atoms with Gasteiger partial charge in [0.2, 0.25) is 0 Å². The van der Waals surface area contributed by atoms with E-state index >= 15 is 0 Å². The van der Waals surface area contributed by atoms with Crippen LogP contribution in [0.3, 0.4) is 0 Å². The highest BCUT2D eigenvalue weighted by atomic mass is 15.0. The number of nitrogens with two attached hydrogens (primary N) is 1. The Hall–Kier alpha value is -2.85. The first-order chi connectivity index (χ1) is 14.5. The van der Waals surface area contributed by atoms with Gasteiger partial charge in [-0.25, -0.2) is 4.98 Å². The first kappa shape index (κ1) is 20.4. The Morgan fingerprint density at radius 3 is 2.40 bits per heavy atom. The number of aryl methyl sites for hydroxylation is 2. The second-order valence-electron chi connectivity index (χ2n) is 8.66. The van der Waals surface area contributed by atoms with Gasteiger partial charge < -0.3 is 15.2 Å². The molecule has 0 amide bonds. The molecule has 0 saturated heterocycles. The van der Waals surface area contributed by atoms with Crippen molar-refractivity contribution in [3.05, 3.63) is 70.9 Å². The Morgan fingerprint density at radius 2 is 1.70 bits per heavy atom. The molecule has 30 heavy (non-hydrogen) atoms. The zero-order chi connectivity index (χ0) is 21.3. The van der Waals surface area contributed by atoms with Crippen LogP contribution >= 0.6 is 0 Å². The number of unbranched alkanes of at least 4 members (excludes halogenated alkanes) is 1. The fourth-order valence-corrected chi connectivity index (χ4v) is 4.26. The molecule has 0 fully saturated rings. The van der Waals surface area contributed by atoms with E-state index < -0.39 is 0 Å². The zero-order valence-corrected chi connectivity index (χ0v) is 18.6. The number of hydrogen-bond acceptors (Lipinski definition) is 3. The summed E-state index contributed by atoms with van der Waals surface area (Å²) in [6.07, 6.45) is 3.40. The van der Waals surface area contributed by atoms with E-state index in [1.54, 1.807) is 0 Å². The maximum absolute atomic E-state index is 6.41. The third-order valence-electron chi connectivity index (χ3n) is 5.76. The first-order valence-corrected chi connectivity index (χ1v) is 10.9. The van der Waals surface area contributed by atoms with Gasteiger partial charge in [-0.2, -0.15) is 0 Å². The quantitative estimate of drug-likeness (QED) is 0.443. The van der Waals surface area contributed by atoms with Crippen LogP contribution < -0.4 is 5.73 Å². The van der Waals surface area contributed by atoms with Gasteiger partial charge in [0.15, 0.2) is 0 Å².